The molecule has 0 nitrogen and oxygen atoms in total. The second-order valence-corrected chi connectivity index (χ2v) is 7.25. The first kappa shape index (κ1) is 21.5. The number of hydrogen-bond donors (Lipinski definition) is 0. The minimum absolute atomic E-state index is 0. The summed E-state index contributed by atoms with van der Waals surface area (Å²) in [5.74, 6) is 0. The van der Waals surface area contributed by atoms with E-state index in [0.717, 1.165) is 0 Å². The molecule has 0 aromatic rings. The number of allylic oxidation sites excluding steroid dienone is 8. The van der Waals surface area contributed by atoms with E-state index in [1.165, 1.54) is 33.4 Å². The van der Waals surface area contributed by atoms with Gasteiger partial charge in [0.05, 0.1) is 0 Å². The average Bonchev–Trinajstić information content (AvgIpc) is 2.60. The van der Waals surface area contributed by atoms with Gasteiger partial charge in [0.25, 0.3) is 0 Å². The zero-order valence-electron chi connectivity index (χ0n) is 15.7. The molecule has 0 spiro atoms. The summed E-state index contributed by atoms with van der Waals surface area (Å²) in [5.41, 5.74) is 8.79. The molecule has 0 N–H and O–H groups in total. The fourth-order valence-electron chi connectivity index (χ4n) is 2.81. The first-order valence-electron chi connectivity index (χ1n) is 7.50. The molecule has 2 rings (SSSR count). The van der Waals surface area contributed by atoms with E-state index in [1.807, 2.05) is 0 Å². The van der Waals surface area contributed by atoms with Crippen molar-refractivity contribution in [2.45, 2.75) is 69.2 Å². The van der Waals surface area contributed by atoms with Gasteiger partial charge in [0.2, 0.25) is 0 Å². The third kappa shape index (κ3) is 4.75. The molecule has 4 radical (unpaired) electrons. The second kappa shape index (κ2) is 7.40. The van der Waals surface area contributed by atoms with Crippen LogP contribution in [0.15, 0.2) is 33.4 Å². The van der Waals surface area contributed by atoms with Gasteiger partial charge in [-0.15, -0.1) is 0 Å². The summed E-state index contributed by atoms with van der Waals surface area (Å²) in [5, 5.41) is 0. The maximum absolute atomic E-state index is 3.44. The zero-order valence-corrected chi connectivity index (χ0v) is 20.1. The van der Waals surface area contributed by atoms with Crippen LogP contribution >= 0.6 is 0 Å². The summed E-state index contributed by atoms with van der Waals surface area (Å²) < 4.78 is 0. The van der Waals surface area contributed by atoms with E-state index in [-0.39, 0.29) is 59.7 Å². The molecule has 1 heteroatoms. The molecular formula is C20H30Ba. The minimum Gasteiger partial charge on any atom is -0.0601 e. The Morgan fingerprint density at radius 3 is 0.857 bits per heavy atom. The van der Waals surface area contributed by atoms with Crippen LogP contribution in [0.4, 0.5) is 0 Å². The standard InChI is InChI=1S/2C10H15.Ba/c2*1-7-6-10(4,5)9(3)8(7)2;/h2*1-5H3;. The van der Waals surface area contributed by atoms with Crippen LogP contribution in [0.3, 0.4) is 0 Å². The molecule has 0 amide bonds. The average molecular weight is 408 g/mol. The van der Waals surface area contributed by atoms with Crippen molar-refractivity contribution in [3.63, 3.8) is 0 Å². The zero-order chi connectivity index (χ0) is 15.9. The van der Waals surface area contributed by atoms with Crippen LogP contribution in [0.5, 0.6) is 0 Å². The van der Waals surface area contributed by atoms with Gasteiger partial charge in [-0.25, -0.2) is 0 Å². The molecule has 0 aliphatic heterocycles. The normalized spacial score (nSPS) is 22.4. The van der Waals surface area contributed by atoms with Gasteiger partial charge < -0.3 is 0 Å². The molecule has 0 unspecified atom stereocenters. The Bertz CT molecular complexity index is 484. The van der Waals surface area contributed by atoms with Gasteiger partial charge >= 0.3 is 0 Å². The Kier molecular flexibility index (Phi) is 7.59. The molecule has 0 saturated carbocycles. The van der Waals surface area contributed by atoms with Gasteiger partial charge in [-0.1, -0.05) is 38.8 Å². The van der Waals surface area contributed by atoms with Crippen molar-refractivity contribution in [1.29, 1.82) is 0 Å². The largest absolute Gasteiger partial charge is 0.0601 e. The first-order chi connectivity index (χ1) is 8.90. The molecule has 0 fully saturated rings. The SMILES string of the molecule is CC1=[C]C(C)(C)C(C)=C1C.CC1=[C]C(C)(C)C(C)=C1C.[Ba]. The van der Waals surface area contributed by atoms with Gasteiger partial charge in [-0.3, -0.25) is 0 Å². The Labute approximate surface area is 172 Å². The van der Waals surface area contributed by atoms with E-state index in [0.29, 0.717) is 0 Å². The first-order valence-corrected chi connectivity index (χ1v) is 7.50. The Balaban J connectivity index is 0.000000364. The molecule has 21 heavy (non-hydrogen) atoms. The maximum atomic E-state index is 3.44. The molecular weight excluding hydrogens is 378 g/mol. The van der Waals surface area contributed by atoms with Crippen molar-refractivity contribution in [3.05, 3.63) is 45.6 Å². The van der Waals surface area contributed by atoms with Crippen molar-refractivity contribution < 1.29 is 0 Å². The molecule has 0 saturated heterocycles. The van der Waals surface area contributed by atoms with E-state index in [1.54, 1.807) is 0 Å². The van der Waals surface area contributed by atoms with Gasteiger partial charge in [0.1, 0.15) is 0 Å². The van der Waals surface area contributed by atoms with Crippen LogP contribution in [-0.2, 0) is 0 Å². The van der Waals surface area contributed by atoms with Gasteiger partial charge in [-0.2, -0.15) is 0 Å². The molecule has 0 bridgehead atoms. The van der Waals surface area contributed by atoms with Crippen molar-refractivity contribution in [1.82, 2.24) is 0 Å². The third-order valence-electron chi connectivity index (χ3n) is 5.12. The van der Waals surface area contributed by atoms with Gasteiger partial charge in [0, 0.05) is 59.7 Å². The summed E-state index contributed by atoms with van der Waals surface area (Å²) in [4.78, 5) is 0. The molecule has 0 atom stereocenters. The monoisotopic (exact) mass is 408 g/mol. The molecule has 0 aromatic carbocycles. The fourth-order valence-corrected chi connectivity index (χ4v) is 2.81. The summed E-state index contributed by atoms with van der Waals surface area (Å²) in [6.07, 6.45) is 6.87. The van der Waals surface area contributed by atoms with Crippen molar-refractivity contribution in [2.75, 3.05) is 0 Å². The summed E-state index contributed by atoms with van der Waals surface area (Å²) in [6, 6.07) is 0. The second-order valence-electron chi connectivity index (χ2n) is 7.25. The van der Waals surface area contributed by atoms with Crippen molar-refractivity contribution in [3.8, 4) is 0 Å². The Morgan fingerprint density at radius 1 is 0.571 bits per heavy atom. The van der Waals surface area contributed by atoms with E-state index < -0.39 is 0 Å². The van der Waals surface area contributed by atoms with Crippen LogP contribution in [0.1, 0.15) is 69.2 Å². The van der Waals surface area contributed by atoms with Gasteiger partial charge in [-0.05, 0) is 76.0 Å². The van der Waals surface area contributed by atoms with Crippen molar-refractivity contribution >= 4 is 48.9 Å². The number of rotatable bonds is 0. The Hall–Kier alpha value is 0.531. The van der Waals surface area contributed by atoms with Crippen molar-refractivity contribution in [2.24, 2.45) is 10.8 Å². The Morgan fingerprint density at radius 2 is 0.810 bits per heavy atom. The molecule has 0 heterocycles. The molecule has 0 aromatic heterocycles. The molecule has 2 aliphatic carbocycles. The van der Waals surface area contributed by atoms with E-state index in [9.17, 15) is 0 Å². The summed E-state index contributed by atoms with van der Waals surface area (Å²) in [7, 11) is 0. The topological polar surface area (TPSA) is 0 Å². The third-order valence-corrected chi connectivity index (χ3v) is 5.12. The molecule has 2 aliphatic rings. The van der Waals surface area contributed by atoms with E-state index >= 15 is 0 Å². The van der Waals surface area contributed by atoms with Crippen LogP contribution in [0.25, 0.3) is 0 Å². The predicted octanol–water partition coefficient (Wildman–Crippen LogP) is 5.84. The molecule has 112 valence electrons. The smallest absolute Gasteiger partial charge is 0.0114 e. The van der Waals surface area contributed by atoms with Crippen LogP contribution in [0.2, 0.25) is 0 Å². The predicted molar refractivity (Wildman–Crippen MR) is 94.9 cm³/mol. The number of hydrogen-bond acceptors (Lipinski definition) is 0. The quantitative estimate of drug-likeness (QED) is 0.442. The summed E-state index contributed by atoms with van der Waals surface area (Å²) >= 11 is 0. The maximum Gasteiger partial charge on any atom is 0.0114 e. The van der Waals surface area contributed by atoms with Crippen LogP contribution < -0.4 is 0 Å². The van der Waals surface area contributed by atoms with E-state index in [4.69, 9.17) is 0 Å². The van der Waals surface area contributed by atoms with E-state index in [2.05, 4.69) is 81.4 Å². The minimum atomic E-state index is 0. The van der Waals surface area contributed by atoms with Gasteiger partial charge in [0.15, 0.2) is 0 Å². The fraction of sp³-hybridized carbons (Fsp3) is 0.600. The van der Waals surface area contributed by atoms with Crippen LogP contribution in [-0.4, -0.2) is 48.9 Å². The summed E-state index contributed by atoms with van der Waals surface area (Å²) in [6.45, 7) is 21.8. The van der Waals surface area contributed by atoms with Crippen LogP contribution in [0, 0.1) is 23.0 Å².